The second-order valence-corrected chi connectivity index (χ2v) is 15.0. The summed E-state index contributed by atoms with van der Waals surface area (Å²) in [5, 5.41) is 0.616. The maximum Gasteiger partial charge on any atom is 0.416 e. The first-order valence-electron chi connectivity index (χ1n) is 15.9. The molecular formula is C34H39F3N6O4S. The van der Waals surface area contributed by atoms with E-state index >= 15 is 0 Å². The topological polar surface area (TPSA) is 112 Å². The van der Waals surface area contributed by atoms with Gasteiger partial charge in [0.15, 0.2) is 9.84 Å². The number of pyridine rings is 2. The van der Waals surface area contributed by atoms with Gasteiger partial charge < -0.3 is 19.5 Å². The lowest BCUT2D eigenvalue weighted by Gasteiger charge is -2.34. The number of aromatic nitrogens is 3. The van der Waals surface area contributed by atoms with E-state index < -0.39 is 21.6 Å². The van der Waals surface area contributed by atoms with E-state index in [9.17, 15) is 26.4 Å². The van der Waals surface area contributed by atoms with Gasteiger partial charge in [-0.1, -0.05) is 19.1 Å². The van der Waals surface area contributed by atoms with Crippen molar-refractivity contribution in [2.45, 2.75) is 50.7 Å². The number of rotatable bonds is 9. The highest BCUT2D eigenvalue weighted by Gasteiger charge is 2.35. The number of H-pyrrole nitrogens is 1. The minimum Gasteiger partial charge on any atom is -0.455 e. The number of amides is 1. The van der Waals surface area contributed by atoms with E-state index in [1.807, 2.05) is 24.9 Å². The van der Waals surface area contributed by atoms with Crippen molar-refractivity contribution >= 4 is 26.8 Å². The SMILES string of the molecule is CC[C@H]1CN(C(=O)Cc2ccc(CN3CCN(C)CC3)c(C(F)(F)F)c2)Cc2cc(Oc3ccnc4[nH]c(CS(C)(=O)=O)cc34)cnc21. The number of ether oxygens (including phenoxy) is 1. The van der Waals surface area contributed by atoms with Crippen LogP contribution in [0.4, 0.5) is 13.2 Å². The van der Waals surface area contributed by atoms with Crippen LogP contribution in [0, 0.1) is 0 Å². The fourth-order valence-electron chi connectivity index (χ4n) is 6.49. The minimum atomic E-state index is -4.53. The van der Waals surface area contributed by atoms with Crippen molar-refractivity contribution in [3.63, 3.8) is 0 Å². The number of sulfone groups is 1. The molecule has 14 heteroatoms. The zero-order valence-electron chi connectivity index (χ0n) is 27.2. The summed E-state index contributed by atoms with van der Waals surface area (Å²) in [6, 6.07) is 9.48. The average Bonchev–Trinajstić information content (AvgIpc) is 3.43. The molecule has 0 aliphatic carbocycles. The van der Waals surface area contributed by atoms with Gasteiger partial charge in [0.2, 0.25) is 5.91 Å². The number of carbonyl (C=O) groups is 1. The second kappa shape index (κ2) is 13.5. The Labute approximate surface area is 277 Å². The van der Waals surface area contributed by atoms with Crippen molar-refractivity contribution < 1.29 is 31.1 Å². The molecule has 1 amide bonds. The van der Waals surface area contributed by atoms with Crippen molar-refractivity contribution in [3.8, 4) is 11.5 Å². The summed E-state index contributed by atoms with van der Waals surface area (Å²) in [7, 11) is -1.26. The van der Waals surface area contributed by atoms with Crippen LogP contribution in [0.5, 0.6) is 11.5 Å². The molecule has 3 aromatic heterocycles. The number of carbonyl (C=O) groups excluding carboxylic acids is 1. The summed E-state index contributed by atoms with van der Waals surface area (Å²) in [6.07, 6.45) is 0.382. The van der Waals surface area contributed by atoms with Crippen molar-refractivity contribution in [2.24, 2.45) is 0 Å². The largest absolute Gasteiger partial charge is 0.455 e. The first-order valence-corrected chi connectivity index (χ1v) is 18.0. The first-order chi connectivity index (χ1) is 22.8. The number of hydrogen-bond donors (Lipinski definition) is 1. The van der Waals surface area contributed by atoms with Gasteiger partial charge in [0.1, 0.15) is 17.1 Å². The van der Waals surface area contributed by atoms with Crippen LogP contribution in [0.1, 0.15) is 52.9 Å². The van der Waals surface area contributed by atoms with E-state index in [2.05, 4.69) is 19.9 Å². The number of fused-ring (bicyclic) bond motifs is 2. The summed E-state index contributed by atoms with van der Waals surface area (Å²) in [6.45, 7) is 5.92. The number of benzene rings is 1. The fraction of sp³-hybridized carbons (Fsp3) is 0.441. The molecule has 48 heavy (non-hydrogen) atoms. The fourth-order valence-corrected chi connectivity index (χ4v) is 7.21. The van der Waals surface area contributed by atoms with Gasteiger partial charge in [0, 0.05) is 69.9 Å². The van der Waals surface area contributed by atoms with E-state index in [-0.39, 0.29) is 42.7 Å². The first kappa shape index (κ1) is 33.9. The Balaban J connectivity index is 1.19. The number of halogens is 3. The molecular weight excluding hydrogens is 645 g/mol. The molecule has 1 fully saturated rings. The summed E-state index contributed by atoms with van der Waals surface area (Å²) in [4.78, 5) is 31.4. The Morgan fingerprint density at radius 1 is 1.08 bits per heavy atom. The predicted octanol–water partition coefficient (Wildman–Crippen LogP) is 5.14. The molecule has 5 heterocycles. The van der Waals surface area contributed by atoms with Gasteiger partial charge in [-0.25, -0.2) is 13.4 Å². The zero-order chi connectivity index (χ0) is 34.2. The molecule has 0 radical (unpaired) electrons. The van der Waals surface area contributed by atoms with Gasteiger partial charge in [0.25, 0.3) is 0 Å². The van der Waals surface area contributed by atoms with Crippen LogP contribution in [0.25, 0.3) is 11.0 Å². The van der Waals surface area contributed by atoms with Gasteiger partial charge in [0.05, 0.1) is 35.0 Å². The number of piperazine rings is 1. The highest BCUT2D eigenvalue weighted by molar-refractivity contribution is 7.89. The lowest BCUT2D eigenvalue weighted by Crippen LogP contribution is -2.44. The molecule has 1 atom stereocenters. The molecule has 256 valence electrons. The Morgan fingerprint density at radius 3 is 2.56 bits per heavy atom. The molecule has 4 aromatic rings. The number of nitrogens with zero attached hydrogens (tertiary/aromatic N) is 5. The Kier molecular flexibility index (Phi) is 9.51. The Hall–Kier alpha value is -4.01. The summed E-state index contributed by atoms with van der Waals surface area (Å²) >= 11 is 0. The zero-order valence-corrected chi connectivity index (χ0v) is 28.0. The maximum absolute atomic E-state index is 14.2. The second-order valence-electron chi connectivity index (χ2n) is 12.9. The van der Waals surface area contributed by atoms with E-state index in [1.54, 1.807) is 35.5 Å². The smallest absolute Gasteiger partial charge is 0.416 e. The molecule has 0 bridgehead atoms. The third-order valence-corrected chi connectivity index (χ3v) is 9.86. The number of alkyl halides is 3. The third-order valence-electron chi connectivity index (χ3n) is 9.03. The van der Waals surface area contributed by atoms with E-state index in [0.29, 0.717) is 53.4 Å². The highest BCUT2D eigenvalue weighted by atomic mass is 32.2. The van der Waals surface area contributed by atoms with Gasteiger partial charge in [-0.2, -0.15) is 13.2 Å². The van der Waals surface area contributed by atoms with Crippen LogP contribution in [0.15, 0.2) is 48.8 Å². The third kappa shape index (κ3) is 7.82. The van der Waals surface area contributed by atoms with Crippen LogP contribution >= 0.6 is 0 Å². The summed E-state index contributed by atoms with van der Waals surface area (Å²) in [5.74, 6) is 0.433. The summed E-state index contributed by atoms with van der Waals surface area (Å²) < 4.78 is 72.3. The van der Waals surface area contributed by atoms with Gasteiger partial charge >= 0.3 is 6.18 Å². The van der Waals surface area contributed by atoms with Crippen LogP contribution in [-0.4, -0.2) is 90.0 Å². The molecule has 2 aliphatic rings. The normalized spacial score (nSPS) is 17.9. The van der Waals surface area contributed by atoms with Crippen LogP contribution in [-0.2, 0) is 46.1 Å². The monoisotopic (exact) mass is 684 g/mol. The molecule has 1 aromatic carbocycles. The Bertz CT molecular complexity index is 1920. The number of aromatic amines is 1. The van der Waals surface area contributed by atoms with Crippen molar-refractivity contribution in [1.82, 2.24) is 29.7 Å². The molecule has 1 saturated heterocycles. The lowest BCUT2D eigenvalue weighted by atomic mass is 9.92. The number of likely N-dealkylation sites (N-methyl/N-ethyl adjacent to an activating group) is 1. The molecule has 1 N–H and O–H groups in total. The standard InChI is InChI=1S/C34H39F3N6O4S/c1-4-23-19-43(31(44)14-22-5-6-24(29(13-22)34(35,36)37)18-42-11-9-41(2)10-12-42)20-25-15-27(17-39-32(23)25)47-30-7-8-38-33-28(30)16-26(40-33)21-48(3,45)46/h5-8,13,15-17,23H,4,9-12,14,18-21H2,1-3H3,(H,38,40)/t23-/m0/s1. The van der Waals surface area contributed by atoms with E-state index in [0.717, 1.165) is 43.1 Å². The minimum absolute atomic E-state index is 0.0423. The lowest BCUT2D eigenvalue weighted by molar-refractivity contribution is -0.138. The van der Waals surface area contributed by atoms with E-state index in [4.69, 9.17) is 4.74 Å². The van der Waals surface area contributed by atoms with Crippen LogP contribution < -0.4 is 4.74 Å². The number of nitrogens with one attached hydrogen (secondary N) is 1. The van der Waals surface area contributed by atoms with Crippen LogP contribution in [0.3, 0.4) is 0 Å². The quantitative estimate of drug-likeness (QED) is 0.258. The van der Waals surface area contributed by atoms with Gasteiger partial charge in [-0.15, -0.1) is 0 Å². The molecule has 2 aliphatic heterocycles. The molecule has 10 nitrogen and oxygen atoms in total. The van der Waals surface area contributed by atoms with Gasteiger partial charge in [-0.05, 0) is 54.4 Å². The highest BCUT2D eigenvalue weighted by Crippen LogP contribution is 2.36. The van der Waals surface area contributed by atoms with Crippen LogP contribution in [0.2, 0.25) is 0 Å². The van der Waals surface area contributed by atoms with Crippen molar-refractivity contribution in [1.29, 1.82) is 0 Å². The van der Waals surface area contributed by atoms with Gasteiger partial charge in [-0.3, -0.25) is 14.7 Å². The predicted molar refractivity (Wildman–Crippen MR) is 175 cm³/mol. The van der Waals surface area contributed by atoms with E-state index in [1.165, 1.54) is 6.07 Å². The maximum atomic E-state index is 14.2. The van der Waals surface area contributed by atoms with Crippen molar-refractivity contribution in [3.05, 3.63) is 82.4 Å². The Morgan fingerprint density at radius 2 is 1.85 bits per heavy atom. The molecule has 0 spiro atoms. The summed E-state index contributed by atoms with van der Waals surface area (Å²) in [5.41, 5.74) is 2.49. The van der Waals surface area contributed by atoms with Crippen molar-refractivity contribution in [2.75, 3.05) is 46.0 Å². The number of hydrogen-bond acceptors (Lipinski definition) is 8. The molecule has 0 unspecified atom stereocenters. The molecule has 6 rings (SSSR count). The molecule has 0 saturated carbocycles. The average molecular weight is 685 g/mol.